The normalized spacial score (nSPS) is 27.0. The molecule has 3 nitrogen and oxygen atoms in total. The third kappa shape index (κ3) is 2.21. The van der Waals surface area contributed by atoms with E-state index in [9.17, 15) is 18.3 Å². The van der Waals surface area contributed by atoms with Crippen molar-refractivity contribution >= 4 is 0 Å². The van der Waals surface area contributed by atoms with Crippen LogP contribution in [-0.2, 0) is 6.18 Å². The van der Waals surface area contributed by atoms with E-state index in [4.69, 9.17) is 0 Å². The lowest BCUT2D eigenvalue weighted by Gasteiger charge is -2.27. The first-order chi connectivity index (χ1) is 7.48. The van der Waals surface area contributed by atoms with Gasteiger partial charge in [0.25, 0.3) is 0 Å². The number of aliphatic hydroxyl groups is 1. The first-order valence-electron chi connectivity index (χ1n) is 5.29. The van der Waals surface area contributed by atoms with Gasteiger partial charge in [0.15, 0.2) is 5.69 Å². The minimum atomic E-state index is -4.41. The Bertz CT molecular complexity index is 361. The first kappa shape index (κ1) is 11.4. The van der Waals surface area contributed by atoms with Crippen LogP contribution >= 0.6 is 0 Å². The molecule has 0 aromatic carbocycles. The van der Waals surface area contributed by atoms with Crippen molar-refractivity contribution in [2.75, 3.05) is 0 Å². The summed E-state index contributed by atoms with van der Waals surface area (Å²) in [6.45, 7) is 0. The molecular weight excluding hydrogens is 221 g/mol. The second-order valence-electron chi connectivity index (χ2n) is 4.10. The van der Waals surface area contributed by atoms with E-state index in [-0.39, 0.29) is 6.04 Å². The molecule has 2 atom stereocenters. The van der Waals surface area contributed by atoms with E-state index in [1.807, 2.05) is 0 Å². The summed E-state index contributed by atoms with van der Waals surface area (Å²) in [6.07, 6.45) is -0.554. The molecule has 0 unspecified atom stereocenters. The lowest BCUT2D eigenvalue weighted by atomic mass is 9.93. The number of rotatable bonds is 1. The summed E-state index contributed by atoms with van der Waals surface area (Å²) in [5, 5.41) is 13.2. The minimum absolute atomic E-state index is 0.315. The molecule has 0 radical (unpaired) electrons. The summed E-state index contributed by atoms with van der Waals surface area (Å²) in [5.41, 5.74) is -0.898. The predicted octanol–water partition coefficient (Wildman–Crippen LogP) is 2.38. The number of halogens is 3. The van der Waals surface area contributed by atoms with E-state index in [1.54, 1.807) is 0 Å². The molecule has 0 aliphatic heterocycles. The number of hydrogen-bond acceptors (Lipinski definition) is 2. The third-order valence-electron chi connectivity index (χ3n) is 2.93. The minimum Gasteiger partial charge on any atom is -0.391 e. The molecule has 1 aromatic rings. The maximum Gasteiger partial charge on any atom is 0.435 e. The molecule has 1 N–H and O–H groups in total. The van der Waals surface area contributed by atoms with Crippen molar-refractivity contribution in [3.8, 4) is 0 Å². The highest BCUT2D eigenvalue weighted by Gasteiger charge is 2.35. The van der Waals surface area contributed by atoms with E-state index >= 15 is 0 Å². The topological polar surface area (TPSA) is 38.0 Å². The Morgan fingerprint density at radius 1 is 1.31 bits per heavy atom. The zero-order valence-corrected chi connectivity index (χ0v) is 8.61. The summed E-state index contributed by atoms with van der Waals surface area (Å²) in [7, 11) is 0. The van der Waals surface area contributed by atoms with Gasteiger partial charge in [-0.1, -0.05) is 12.8 Å². The van der Waals surface area contributed by atoms with Gasteiger partial charge in [-0.15, -0.1) is 0 Å². The SMILES string of the molecule is O[C@@H]1CCCC[C@H]1n1ccc(C(F)(F)F)n1. The van der Waals surface area contributed by atoms with Gasteiger partial charge in [0, 0.05) is 6.20 Å². The molecule has 0 bridgehead atoms. The van der Waals surface area contributed by atoms with E-state index in [0.717, 1.165) is 18.9 Å². The quantitative estimate of drug-likeness (QED) is 0.810. The molecule has 2 rings (SSSR count). The maximum absolute atomic E-state index is 12.3. The molecule has 0 amide bonds. The Labute approximate surface area is 90.9 Å². The monoisotopic (exact) mass is 234 g/mol. The number of hydrogen-bond donors (Lipinski definition) is 1. The van der Waals surface area contributed by atoms with Crippen molar-refractivity contribution in [2.24, 2.45) is 0 Å². The molecule has 1 aliphatic carbocycles. The molecule has 6 heteroatoms. The van der Waals surface area contributed by atoms with Gasteiger partial charge in [0.1, 0.15) is 0 Å². The van der Waals surface area contributed by atoms with Crippen LogP contribution < -0.4 is 0 Å². The van der Waals surface area contributed by atoms with Gasteiger partial charge in [-0.05, 0) is 18.9 Å². The fourth-order valence-electron chi connectivity index (χ4n) is 2.07. The smallest absolute Gasteiger partial charge is 0.391 e. The van der Waals surface area contributed by atoms with Crippen LogP contribution in [0.3, 0.4) is 0 Å². The Morgan fingerprint density at radius 2 is 2.00 bits per heavy atom. The van der Waals surface area contributed by atoms with Gasteiger partial charge >= 0.3 is 6.18 Å². The van der Waals surface area contributed by atoms with E-state index in [0.29, 0.717) is 12.8 Å². The Morgan fingerprint density at radius 3 is 2.56 bits per heavy atom. The Hall–Kier alpha value is -1.04. The summed E-state index contributed by atoms with van der Waals surface area (Å²) < 4.78 is 38.2. The maximum atomic E-state index is 12.3. The highest BCUT2D eigenvalue weighted by atomic mass is 19.4. The fourth-order valence-corrected chi connectivity index (χ4v) is 2.07. The molecule has 1 saturated carbocycles. The van der Waals surface area contributed by atoms with Gasteiger partial charge in [-0.3, -0.25) is 4.68 Å². The van der Waals surface area contributed by atoms with Gasteiger partial charge in [0.05, 0.1) is 12.1 Å². The van der Waals surface area contributed by atoms with Gasteiger partial charge in [0.2, 0.25) is 0 Å². The van der Waals surface area contributed by atoms with Crippen LogP contribution in [0.4, 0.5) is 13.2 Å². The van der Waals surface area contributed by atoms with Crippen LogP contribution in [0.25, 0.3) is 0 Å². The average Bonchev–Trinajstić information content (AvgIpc) is 2.66. The van der Waals surface area contributed by atoms with E-state index in [1.165, 1.54) is 10.9 Å². The van der Waals surface area contributed by atoms with Gasteiger partial charge < -0.3 is 5.11 Å². The van der Waals surface area contributed by atoms with Crippen molar-refractivity contribution in [1.29, 1.82) is 0 Å². The van der Waals surface area contributed by atoms with Crippen LogP contribution in [0.5, 0.6) is 0 Å². The average molecular weight is 234 g/mol. The van der Waals surface area contributed by atoms with Crippen molar-refractivity contribution < 1.29 is 18.3 Å². The molecule has 1 fully saturated rings. The second-order valence-corrected chi connectivity index (χ2v) is 4.10. The fraction of sp³-hybridized carbons (Fsp3) is 0.700. The molecule has 1 aliphatic rings. The molecule has 0 saturated heterocycles. The summed E-state index contributed by atoms with van der Waals surface area (Å²) >= 11 is 0. The largest absolute Gasteiger partial charge is 0.435 e. The number of nitrogens with zero attached hydrogens (tertiary/aromatic N) is 2. The van der Waals surface area contributed by atoms with E-state index < -0.39 is 18.0 Å². The third-order valence-corrected chi connectivity index (χ3v) is 2.93. The Kier molecular flexibility index (Phi) is 2.92. The molecule has 90 valence electrons. The van der Waals surface area contributed by atoms with E-state index in [2.05, 4.69) is 5.10 Å². The first-order valence-corrected chi connectivity index (χ1v) is 5.29. The van der Waals surface area contributed by atoms with Crippen molar-refractivity contribution in [3.63, 3.8) is 0 Å². The highest BCUT2D eigenvalue weighted by Crippen LogP contribution is 2.31. The molecule has 16 heavy (non-hydrogen) atoms. The van der Waals surface area contributed by atoms with Gasteiger partial charge in [-0.2, -0.15) is 18.3 Å². The highest BCUT2D eigenvalue weighted by molar-refractivity contribution is 5.04. The zero-order valence-electron chi connectivity index (χ0n) is 8.61. The summed E-state index contributed by atoms with van der Waals surface area (Å²) in [6, 6.07) is 0.631. The number of aromatic nitrogens is 2. The van der Waals surface area contributed by atoms with Gasteiger partial charge in [-0.25, -0.2) is 0 Å². The predicted molar refractivity (Wildman–Crippen MR) is 50.7 cm³/mol. The van der Waals surface area contributed by atoms with Crippen LogP contribution in [0.1, 0.15) is 37.4 Å². The lowest BCUT2D eigenvalue weighted by Crippen LogP contribution is -2.28. The van der Waals surface area contributed by atoms with Crippen molar-refractivity contribution in [1.82, 2.24) is 9.78 Å². The van der Waals surface area contributed by atoms with Crippen LogP contribution in [-0.4, -0.2) is 21.0 Å². The summed E-state index contributed by atoms with van der Waals surface area (Å²) in [4.78, 5) is 0. The number of aliphatic hydroxyl groups excluding tert-OH is 1. The lowest BCUT2D eigenvalue weighted by molar-refractivity contribution is -0.141. The standard InChI is InChI=1S/C10H13F3N2O/c11-10(12,13)9-5-6-15(14-9)7-3-1-2-4-8(7)16/h5-8,16H,1-4H2/t7-,8-/m1/s1. The zero-order chi connectivity index (χ0) is 11.8. The van der Waals surface area contributed by atoms with Crippen molar-refractivity contribution in [2.45, 2.75) is 44.0 Å². The second kappa shape index (κ2) is 4.08. The molecular formula is C10H13F3N2O. The van der Waals surface area contributed by atoms with Crippen LogP contribution in [0, 0.1) is 0 Å². The van der Waals surface area contributed by atoms with Crippen LogP contribution in [0.2, 0.25) is 0 Å². The Balaban J connectivity index is 2.18. The van der Waals surface area contributed by atoms with Crippen molar-refractivity contribution in [3.05, 3.63) is 18.0 Å². The number of alkyl halides is 3. The van der Waals surface area contributed by atoms with Crippen LogP contribution in [0.15, 0.2) is 12.3 Å². The summed E-state index contributed by atoms with van der Waals surface area (Å²) in [5.74, 6) is 0. The molecule has 1 heterocycles. The molecule has 0 spiro atoms. The molecule has 1 aromatic heterocycles.